The summed E-state index contributed by atoms with van der Waals surface area (Å²) in [7, 11) is 1.83. The van der Waals surface area contributed by atoms with E-state index < -0.39 is 8.75 Å². The van der Waals surface area contributed by atoms with Gasteiger partial charge in [-0.05, 0) is 25.0 Å². The van der Waals surface area contributed by atoms with Crippen molar-refractivity contribution in [2.45, 2.75) is 0 Å². The van der Waals surface area contributed by atoms with E-state index in [0.717, 1.165) is 0 Å². The molecule has 0 aliphatic rings. The molecule has 0 heterocycles. The highest BCUT2D eigenvalue weighted by atomic mass is 32.3. The summed E-state index contributed by atoms with van der Waals surface area (Å²) in [6.07, 6.45) is 8.27. The Morgan fingerprint density at radius 3 is 1.45 bits per heavy atom. The van der Waals surface area contributed by atoms with Crippen LogP contribution in [0, 0.1) is 0 Å². The number of hydrogen-bond acceptors (Lipinski definition) is 1. The van der Waals surface area contributed by atoms with E-state index >= 15 is 0 Å². The van der Waals surface area contributed by atoms with Crippen LogP contribution >= 0.6 is 8.75 Å². The molecule has 0 fully saturated rings. The van der Waals surface area contributed by atoms with Crippen molar-refractivity contribution in [1.82, 2.24) is 0 Å². The molecule has 0 saturated heterocycles. The highest BCUT2D eigenvalue weighted by molar-refractivity contribution is 8.45. The van der Waals surface area contributed by atoms with E-state index in [2.05, 4.69) is 25.0 Å². The summed E-state index contributed by atoms with van der Waals surface area (Å²) in [4.78, 5) is 0. The van der Waals surface area contributed by atoms with Gasteiger partial charge in [0.05, 0.1) is 14.1 Å². The molecule has 0 rings (SSSR count). The second-order valence-corrected chi connectivity index (χ2v) is 12.7. The largest absolute Gasteiger partial charge is 0.486 e. The molecular formula is C7H19NOS2. The monoisotopic (exact) mass is 197 g/mol. The van der Waals surface area contributed by atoms with Crippen LogP contribution in [-0.4, -0.2) is 53.3 Å². The molecule has 0 aliphatic carbocycles. The Bertz CT molecular complexity index is 208. The molecule has 0 bridgehead atoms. The molecule has 0 saturated carbocycles. The van der Waals surface area contributed by atoms with Gasteiger partial charge in [0.2, 0.25) is 5.17 Å². The van der Waals surface area contributed by atoms with Gasteiger partial charge in [-0.1, -0.05) is 0 Å². The maximum Gasteiger partial charge on any atom is 0.234 e. The van der Waals surface area contributed by atoms with Gasteiger partial charge in [0, 0.05) is 0 Å². The molecule has 70 valence electrons. The number of aliphatic hydroxyl groups is 1. The molecule has 0 aromatic rings. The van der Waals surface area contributed by atoms with Crippen LogP contribution in [-0.2, 0) is 12.8 Å². The van der Waals surface area contributed by atoms with Gasteiger partial charge in [-0.2, -0.15) is 8.75 Å². The lowest BCUT2D eigenvalue weighted by Crippen LogP contribution is -2.43. The topological polar surface area (TPSA) is 20.2 Å². The van der Waals surface area contributed by atoms with Crippen molar-refractivity contribution in [3.05, 3.63) is 0 Å². The van der Waals surface area contributed by atoms with Crippen molar-refractivity contribution in [1.29, 1.82) is 0 Å². The summed E-state index contributed by atoms with van der Waals surface area (Å²) in [6, 6.07) is 0. The Labute approximate surface area is 75.2 Å². The van der Waals surface area contributed by atoms with E-state index in [-0.39, 0.29) is 3.89 Å². The van der Waals surface area contributed by atoms with Crippen LogP contribution in [0.5, 0.6) is 0 Å². The van der Waals surface area contributed by atoms with Crippen LogP contribution in [0.15, 0.2) is 0 Å². The van der Waals surface area contributed by atoms with Crippen LogP contribution < -0.4 is 0 Å². The molecular weight excluding hydrogens is 178 g/mol. The van der Waals surface area contributed by atoms with Gasteiger partial charge in [-0.25, -0.2) is 0 Å². The standard InChI is InChI=1S/C7H19NOS2/c1-8(2,10)7(9)11(3,4,5)6/h9H,1-6H3. The first-order valence-electron chi connectivity index (χ1n) is 3.36. The summed E-state index contributed by atoms with van der Waals surface area (Å²) in [5.41, 5.74) is 0. The SMILES string of the molecule is C[N+](C)([S-])C(O)=S(C)(C)(C)C. The molecule has 2 nitrogen and oxygen atoms in total. The number of nitrogens with zero attached hydrogens (tertiary/aromatic N) is 1. The van der Waals surface area contributed by atoms with Crippen LogP contribution in [0.3, 0.4) is 0 Å². The molecule has 0 amide bonds. The third-order valence-corrected chi connectivity index (χ3v) is 3.40. The fourth-order valence-electron chi connectivity index (χ4n) is 0.879. The van der Waals surface area contributed by atoms with E-state index in [0.29, 0.717) is 5.17 Å². The summed E-state index contributed by atoms with van der Waals surface area (Å²) < 4.78 is 0.127. The molecule has 11 heavy (non-hydrogen) atoms. The Kier molecular flexibility index (Phi) is 2.60. The van der Waals surface area contributed by atoms with E-state index in [9.17, 15) is 5.11 Å². The average Bonchev–Trinajstić information content (AvgIpc) is 1.56. The molecule has 0 unspecified atom stereocenters. The predicted molar refractivity (Wildman–Crippen MR) is 58.4 cm³/mol. The van der Waals surface area contributed by atoms with Crippen molar-refractivity contribution in [2.75, 3.05) is 39.1 Å². The minimum Gasteiger partial charge on any atom is -0.486 e. The molecule has 1 N–H and O–H groups in total. The van der Waals surface area contributed by atoms with E-state index in [4.69, 9.17) is 12.8 Å². The first kappa shape index (κ1) is 11.5. The summed E-state index contributed by atoms with van der Waals surface area (Å²) in [5, 5.41) is 10.2. The molecule has 0 atom stereocenters. The zero-order chi connectivity index (χ0) is 9.52. The molecule has 4 heteroatoms. The van der Waals surface area contributed by atoms with Gasteiger partial charge in [0.1, 0.15) is 0 Å². The Morgan fingerprint density at radius 2 is 1.45 bits per heavy atom. The van der Waals surface area contributed by atoms with Gasteiger partial charge < -0.3 is 21.8 Å². The fourth-order valence-corrected chi connectivity index (χ4v) is 3.53. The van der Waals surface area contributed by atoms with Crippen molar-refractivity contribution >= 4 is 26.7 Å². The van der Waals surface area contributed by atoms with Gasteiger partial charge in [0.25, 0.3) is 0 Å². The minimum absolute atomic E-state index is 0.127. The number of aliphatic hydroxyl groups excluding tert-OH is 1. The van der Waals surface area contributed by atoms with E-state index in [1.165, 1.54) is 0 Å². The maximum atomic E-state index is 9.81. The van der Waals surface area contributed by atoms with Gasteiger partial charge >= 0.3 is 0 Å². The molecule has 0 aromatic carbocycles. The number of quaternary nitrogens is 1. The Balaban J connectivity index is 5.35. The Morgan fingerprint density at radius 1 is 1.18 bits per heavy atom. The van der Waals surface area contributed by atoms with Crippen molar-refractivity contribution in [3.63, 3.8) is 0 Å². The predicted octanol–water partition coefficient (Wildman–Crippen LogP) is 1.03. The van der Waals surface area contributed by atoms with Gasteiger partial charge in [-0.3, -0.25) is 0 Å². The summed E-state index contributed by atoms with van der Waals surface area (Å²) in [5.74, 6) is 0. The zero-order valence-electron chi connectivity index (χ0n) is 8.21. The molecule has 0 aromatic heterocycles. The summed E-state index contributed by atoms with van der Waals surface area (Å²) >= 11 is 5.11. The molecule has 0 radical (unpaired) electrons. The molecule has 0 spiro atoms. The second kappa shape index (κ2) is 2.49. The average molecular weight is 197 g/mol. The van der Waals surface area contributed by atoms with Gasteiger partial charge in [-0.15, -0.1) is 0 Å². The van der Waals surface area contributed by atoms with Crippen molar-refractivity contribution in [3.8, 4) is 0 Å². The maximum absolute atomic E-state index is 9.81. The fraction of sp³-hybridized carbons (Fsp3) is 0.857. The Hall–Kier alpha value is 0.490. The first-order valence-corrected chi connectivity index (χ1v) is 7.40. The number of rotatable bonds is 0. The summed E-state index contributed by atoms with van der Waals surface area (Å²) in [6.45, 7) is 0. The van der Waals surface area contributed by atoms with Crippen LogP contribution in [0.2, 0.25) is 0 Å². The third-order valence-electron chi connectivity index (χ3n) is 1.19. The van der Waals surface area contributed by atoms with Crippen LogP contribution in [0.4, 0.5) is 0 Å². The van der Waals surface area contributed by atoms with E-state index in [1.54, 1.807) is 14.1 Å². The van der Waals surface area contributed by atoms with Gasteiger partial charge in [0.15, 0.2) is 0 Å². The quantitative estimate of drug-likeness (QED) is 0.356. The lowest BCUT2D eigenvalue weighted by Gasteiger charge is -2.44. The smallest absolute Gasteiger partial charge is 0.234 e. The minimum atomic E-state index is -1.78. The second-order valence-electron chi connectivity index (χ2n) is 4.90. The highest BCUT2D eigenvalue weighted by Crippen LogP contribution is 2.45. The lowest BCUT2D eigenvalue weighted by atomic mass is 10.9. The number of hydrogen-bond donors (Lipinski definition) is 1. The van der Waals surface area contributed by atoms with E-state index in [1.807, 2.05) is 0 Å². The highest BCUT2D eigenvalue weighted by Gasteiger charge is 2.22. The first-order chi connectivity index (χ1) is 4.41. The van der Waals surface area contributed by atoms with Crippen LogP contribution in [0.1, 0.15) is 0 Å². The normalized spacial score (nSPS) is 17.3. The zero-order valence-corrected chi connectivity index (χ0v) is 9.84. The lowest BCUT2D eigenvalue weighted by molar-refractivity contribution is -0.654. The third kappa shape index (κ3) is 3.60. The van der Waals surface area contributed by atoms with Crippen molar-refractivity contribution < 1.29 is 8.99 Å². The molecule has 0 aliphatic heterocycles. The van der Waals surface area contributed by atoms with Crippen molar-refractivity contribution in [2.24, 2.45) is 0 Å². The van der Waals surface area contributed by atoms with Crippen LogP contribution in [0.25, 0.3) is 0 Å².